The lowest BCUT2D eigenvalue weighted by molar-refractivity contribution is 0.252. The van der Waals surface area contributed by atoms with Crippen LogP contribution in [0.5, 0.6) is 5.75 Å². The van der Waals surface area contributed by atoms with E-state index in [1.165, 1.54) is 5.56 Å². The molecule has 2 aliphatic rings. The number of carbonyl (C=O) groups excluding carboxylic acids is 1. The van der Waals surface area contributed by atoms with Crippen molar-refractivity contribution in [1.29, 1.82) is 0 Å². The van der Waals surface area contributed by atoms with E-state index in [1.54, 1.807) is 16.2 Å². The zero-order valence-corrected chi connectivity index (χ0v) is 11.3. The molecule has 1 saturated heterocycles. The normalized spacial score (nSPS) is 21.6. The highest BCUT2D eigenvalue weighted by molar-refractivity contribution is 7.22. The second kappa shape index (κ2) is 3.84. The number of carbonyl (C=O) groups is 1. The number of aromatic nitrogens is 1. The molecule has 6 heteroatoms. The number of hydrogen-bond donors (Lipinski definition) is 1. The van der Waals surface area contributed by atoms with Gasteiger partial charge in [0.1, 0.15) is 5.75 Å². The van der Waals surface area contributed by atoms with Gasteiger partial charge in [-0.3, -0.25) is 4.90 Å². The van der Waals surface area contributed by atoms with Crippen LogP contribution < -0.4 is 15.0 Å². The Labute approximate surface area is 114 Å². The molecule has 2 amide bonds. The van der Waals surface area contributed by atoms with E-state index < -0.39 is 0 Å². The number of rotatable bonds is 1. The monoisotopic (exact) mass is 275 g/mol. The van der Waals surface area contributed by atoms with Gasteiger partial charge in [-0.05, 0) is 19.1 Å². The van der Waals surface area contributed by atoms with Crippen LogP contribution in [-0.2, 0) is 6.42 Å². The standard InChI is InChI=1S/C13H13N3O2S/c1-7-6-14-12(17)16(7)13-15-11-8-4-5-18-9(8)2-3-10(11)19-13/h2-3,7H,4-6H2,1H3,(H,14,17). The highest BCUT2D eigenvalue weighted by Gasteiger charge is 2.31. The van der Waals surface area contributed by atoms with Gasteiger partial charge in [-0.1, -0.05) is 11.3 Å². The van der Waals surface area contributed by atoms with Gasteiger partial charge < -0.3 is 10.1 Å². The maximum Gasteiger partial charge on any atom is 0.324 e. The Morgan fingerprint density at radius 2 is 2.42 bits per heavy atom. The minimum absolute atomic E-state index is 0.0561. The Morgan fingerprint density at radius 3 is 3.21 bits per heavy atom. The quantitative estimate of drug-likeness (QED) is 0.867. The van der Waals surface area contributed by atoms with Crippen LogP contribution in [0.2, 0.25) is 0 Å². The third-order valence-corrected chi connectivity index (χ3v) is 4.66. The van der Waals surface area contributed by atoms with E-state index in [4.69, 9.17) is 4.74 Å². The number of fused-ring (bicyclic) bond motifs is 3. The molecule has 0 bridgehead atoms. The smallest absolute Gasteiger partial charge is 0.324 e. The van der Waals surface area contributed by atoms with Crippen LogP contribution in [0.15, 0.2) is 12.1 Å². The van der Waals surface area contributed by atoms with Crippen LogP contribution in [0, 0.1) is 0 Å². The van der Waals surface area contributed by atoms with Crippen LogP contribution in [0.4, 0.5) is 9.93 Å². The van der Waals surface area contributed by atoms with E-state index in [0.29, 0.717) is 6.54 Å². The molecular formula is C13H13N3O2S. The van der Waals surface area contributed by atoms with Crippen LogP contribution in [-0.4, -0.2) is 30.2 Å². The van der Waals surface area contributed by atoms with E-state index in [2.05, 4.69) is 10.3 Å². The van der Waals surface area contributed by atoms with Crippen molar-refractivity contribution in [3.8, 4) is 5.75 Å². The van der Waals surface area contributed by atoms with E-state index in [1.807, 2.05) is 19.1 Å². The number of thiazole rings is 1. The van der Waals surface area contributed by atoms with E-state index in [0.717, 1.165) is 34.1 Å². The number of urea groups is 1. The van der Waals surface area contributed by atoms with Crippen molar-refractivity contribution >= 4 is 32.7 Å². The molecule has 5 nitrogen and oxygen atoms in total. The van der Waals surface area contributed by atoms with Crippen LogP contribution >= 0.6 is 11.3 Å². The molecule has 0 spiro atoms. The maximum absolute atomic E-state index is 11.9. The van der Waals surface area contributed by atoms with Gasteiger partial charge >= 0.3 is 6.03 Å². The molecule has 2 aromatic rings. The Hall–Kier alpha value is -1.82. The van der Waals surface area contributed by atoms with Gasteiger partial charge in [0, 0.05) is 18.5 Å². The molecule has 2 aliphatic heterocycles. The highest BCUT2D eigenvalue weighted by Crippen LogP contribution is 2.38. The van der Waals surface area contributed by atoms with Gasteiger partial charge in [0.05, 0.1) is 22.9 Å². The number of ether oxygens (including phenoxy) is 1. The summed E-state index contributed by atoms with van der Waals surface area (Å²) in [5, 5.41) is 3.62. The molecule has 98 valence electrons. The number of hydrogen-bond acceptors (Lipinski definition) is 4. The largest absolute Gasteiger partial charge is 0.493 e. The molecule has 0 aliphatic carbocycles. The van der Waals surface area contributed by atoms with Crippen LogP contribution in [0.1, 0.15) is 12.5 Å². The molecule has 1 aromatic carbocycles. The average molecular weight is 275 g/mol. The summed E-state index contributed by atoms with van der Waals surface area (Å²) in [7, 11) is 0. The van der Waals surface area contributed by atoms with E-state index >= 15 is 0 Å². The molecule has 3 heterocycles. The first kappa shape index (κ1) is 11.0. The fraction of sp³-hybridized carbons (Fsp3) is 0.385. The summed E-state index contributed by atoms with van der Waals surface area (Å²) in [6.45, 7) is 3.43. The number of amides is 2. The zero-order valence-electron chi connectivity index (χ0n) is 10.5. The molecule has 0 saturated carbocycles. The number of nitrogens with one attached hydrogen (secondary N) is 1. The molecule has 19 heavy (non-hydrogen) atoms. The number of nitrogens with zero attached hydrogens (tertiary/aromatic N) is 2. The molecule has 1 atom stereocenters. The Balaban J connectivity index is 1.86. The second-order valence-electron chi connectivity index (χ2n) is 4.89. The van der Waals surface area contributed by atoms with Crippen LogP contribution in [0.3, 0.4) is 0 Å². The fourth-order valence-electron chi connectivity index (χ4n) is 2.65. The summed E-state index contributed by atoms with van der Waals surface area (Å²) in [5.41, 5.74) is 2.16. The lowest BCUT2D eigenvalue weighted by atomic mass is 10.1. The summed E-state index contributed by atoms with van der Waals surface area (Å²) in [6.07, 6.45) is 0.900. The summed E-state index contributed by atoms with van der Waals surface area (Å²) in [6, 6.07) is 4.12. The molecule has 1 unspecified atom stereocenters. The topological polar surface area (TPSA) is 54.5 Å². The van der Waals surface area contributed by atoms with E-state index in [-0.39, 0.29) is 12.1 Å². The summed E-state index contributed by atoms with van der Waals surface area (Å²) >= 11 is 1.57. The fourth-order valence-corrected chi connectivity index (χ4v) is 3.74. The van der Waals surface area contributed by atoms with Gasteiger partial charge in [0.15, 0.2) is 5.13 Å². The van der Waals surface area contributed by atoms with Crippen molar-refractivity contribution in [2.45, 2.75) is 19.4 Å². The van der Waals surface area contributed by atoms with Gasteiger partial charge in [0.25, 0.3) is 0 Å². The Kier molecular flexibility index (Phi) is 2.23. The second-order valence-corrected chi connectivity index (χ2v) is 5.90. The lowest BCUT2D eigenvalue weighted by Gasteiger charge is -2.15. The molecule has 4 rings (SSSR count). The number of anilines is 1. The summed E-state index contributed by atoms with van der Waals surface area (Å²) < 4.78 is 6.67. The molecule has 1 N–H and O–H groups in total. The number of benzene rings is 1. The maximum atomic E-state index is 11.9. The van der Waals surface area contributed by atoms with Gasteiger partial charge in [-0.25, -0.2) is 9.78 Å². The molecular weight excluding hydrogens is 262 g/mol. The predicted molar refractivity (Wildman–Crippen MR) is 74.2 cm³/mol. The van der Waals surface area contributed by atoms with Crippen molar-refractivity contribution in [1.82, 2.24) is 10.3 Å². The van der Waals surface area contributed by atoms with Crippen molar-refractivity contribution < 1.29 is 9.53 Å². The Bertz CT molecular complexity index is 682. The van der Waals surface area contributed by atoms with Gasteiger partial charge in [0.2, 0.25) is 0 Å². The SMILES string of the molecule is CC1CNC(=O)N1c1nc2c3c(ccc2s1)OCC3. The molecule has 0 radical (unpaired) electrons. The van der Waals surface area contributed by atoms with Crippen molar-refractivity contribution in [2.75, 3.05) is 18.1 Å². The van der Waals surface area contributed by atoms with Gasteiger partial charge in [-0.2, -0.15) is 0 Å². The minimum atomic E-state index is -0.0561. The third kappa shape index (κ3) is 1.53. The average Bonchev–Trinajstić information content (AvgIpc) is 3.06. The minimum Gasteiger partial charge on any atom is -0.493 e. The first-order chi connectivity index (χ1) is 9.24. The highest BCUT2D eigenvalue weighted by atomic mass is 32.1. The first-order valence-electron chi connectivity index (χ1n) is 6.36. The molecule has 1 aromatic heterocycles. The summed E-state index contributed by atoms with van der Waals surface area (Å²) in [4.78, 5) is 18.3. The van der Waals surface area contributed by atoms with Crippen LogP contribution in [0.25, 0.3) is 10.2 Å². The molecule has 1 fully saturated rings. The first-order valence-corrected chi connectivity index (χ1v) is 7.18. The predicted octanol–water partition coefficient (Wildman–Crippen LogP) is 2.15. The zero-order chi connectivity index (χ0) is 13.0. The lowest BCUT2D eigenvalue weighted by Crippen LogP contribution is -2.32. The third-order valence-electron chi connectivity index (χ3n) is 3.64. The van der Waals surface area contributed by atoms with E-state index in [9.17, 15) is 4.79 Å². The summed E-state index contributed by atoms with van der Waals surface area (Å²) in [5.74, 6) is 0.934. The van der Waals surface area contributed by atoms with Crippen molar-refractivity contribution in [3.05, 3.63) is 17.7 Å². The van der Waals surface area contributed by atoms with Crippen molar-refractivity contribution in [2.24, 2.45) is 0 Å². The Morgan fingerprint density at radius 1 is 1.53 bits per heavy atom. The van der Waals surface area contributed by atoms with Gasteiger partial charge in [-0.15, -0.1) is 0 Å². The van der Waals surface area contributed by atoms with Crippen molar-refractivity contribution in [3.63, 3.8) is 0 Å².